The van der Waals surface area contributed by atoms with E-state index in [1.165, 1.54) is 11.8 Å². The molecule has 0 aliphatic carbocycles. The van der Waals surface area contributed by atoms with Crippen LogP contribution in [0.1, 0.15) is 13.8 Å². The fourth-order valence-corrected chi connectivity index (χ4v) is 2.42. The molecule has 0 saturated carbocycles. The van der Waals surface area contributed by atoms with Crippen LogP contribution in [0.25, 0.3) is 0 Å². The number of hydrogen-bond acceptors (Lipinski definition) is 3. The van der Waals surface area contributed by atoms with Gasteiger partial charge in [0.15, 0.2) is 5.76 Å². The van der Waals surface area contributed by atoms with Crippen LogP contribution in [0.5, 0.6) is 0 Å². The van der Waals surface area contributed by atoms with Crippen molar-refractivity contribution >= 4 is 16.9 Å². The Morgan fingerprint density at radius 3 is 3.00 bits per heavy atom. The van der Waals surface area contributed by atoms with Gasteiger partial charge in [0.1, 0.15) is 6.61 Å². The number of thioether (sulfide) groups is 1. The van der Waals surface area contributed by atoms with Gasteiger partial charge < -0.3 is 4.74 Å². The normalized spacial score (nSPS) is 25.7. The molecule has 0 aromatic rings. The van der Waals surface area contributed by atoms with Crippen LogP contribution < -0.4 is 0 Å². The van der Waals surface area contributed by atoms with Crippen molar-refractivity contribution in [2.75, 3.05) is 6.61 Å². The van der Waals surface area contributed by atoms with Gasteiger partial charge in [-0.2, -0.15) is 0 Å². The number of ether oxygens (including phenoxy) is 1. The summed E-state index contributed by atoms with van der Waals surface area (Å²) in [6, 6.07) is 0. The monoisotopic (exact) mass is 182 g/mol. The minimum Gasteiger partial charge on any atom is -0.484 e. The smallest absolute Gasteiger partial charge is 0.255 e. The number of carbonyl (C=O) groups excluding carboxylic acids is 1. The minimum absolute atomic E-state index is 0.0688. The molecule has 0 amide bonds. The average Bonchev–Trinajstić information content (AvgIpc) is 2.25. The quantitative estimate of drug-likeness (QED) is 0.572. The van der Waals surface area contributed by atoms with Gasteiger partial charge in [-0.1, -0.05) is 17.8 Å². The Balaban J connectivity index is 2.48. The van der Waals surface area contributed by atoms with E-state index < -0.39 is 0 Å². The van der Waals surface area contributed by atoms with Gasteiger partial charge in [0.05, 0.1) is 0 Å². The molecule has 3 heteroatoms. The Morgan fingerprint density at radius 2 is 2.33 bits per heavy atom. The van der Waals surface area contributed by atoms with Crippen LogP contribution in [0, 0.1) is 0 Å². The second-order valence-electron chi connectivity index (χ2n) is 3.36. The molecule has 0 N–H and O–H groups in total. The topological polar surface area (TPSA) is 26.3 Å². The number of allylic oxidation sites excluding steroid dienone is 1. The molecule has 2 heterocycles. The highest BCUT2D eigenvalue weighted by atomic mass is 32.2. The van der Waals surface area contributed by atoms with Crippen molar-refractivity contribution < 1.29 is 9.53 Å². The molecule has 0 spiro atoms. The van der Waals surface area contributed by atoms with Crippen LogP contribution >= 0.6 is 11.8 Å². The largest absolute Gasteiger partial charge is 0.484 e. The molecule has 2 aliphatic rings. The fourth-order valence-electron chi connectivity index (χ4n) is 1.43. The highest BCUT2D eigenvalue weighted by molar-refractivity contribution is 8.15. The maximum Gasteiger partial charge on any atom is 0.255 e. The van der Waals surface area contributed by atoms with E-state index in [2.05, 4.69) is 0 Å². The molecular formula is C9H10O2S. The summed E-state index contributed by atoms with van der Waals surface area (Å²) < 4.78 is 5.16. The summed E-state index contributed by atoms with van der Waals surface area (Å²) >= 11 is 1.34. The van der Waals surface area contributed by atoms with E-state index in [9.17, 15) is 4.79 Å². The van der Waals surface area contributed by atoms with Crippen molar-refractivity contribution in [3.63, 3.8) is 0 Å². The van der Waals surface area contributed by atoms with E-state index in [-0.39, 0.29) is 9.86 Å². The second-order valence-corrected chi connectivity index (χ2v) is 4.95. The number of carbonyl (C=O) groups is 1. The molecule has 2 aliphatic heterocycles. The fraction of sp³-hybridized carbons (Fsp3) is 0.444. The van der Waals surface area contributed by atoms with E-state index in [1.807, 2.05) is 26.0 Å². The highest BCUT2D eigenvalue weighted by Gasteiger charge is 2.40. The van der Waals surface area contributed by atoms with Crippen LogP contribution in [0.3, 0.4) is 0 Å². The summed E-state index contributed by atoms with van der Waals surface area (Å²) in [6.07, 6.45) is 3.94. The summed E-state index contributed by atoms with van der Waals surface area (Å²) in [7, 11) is 0. The lowest BCUT2D eigenvalue weighted by atomic mass is 10.00. The minimum atomic E-state index is -0.108. The van der Waals surface area contributed by atoms with E-state index in [0.717, 1.165) is 5.57 Å². The molecule has 0 radical (unpaired) electrons. The van der Waals surface area contributed by atoms with E-state index >= 15 is 0 Å². The lowest BCUT2D eigenvalue weighted by Crippen LogP contribution is -2.14. The molecule has 0 bridgehead atoms. The summed E-state index contributed by atoms with van der Waals surface area (Å²) in [5.74, 6) is 0.563. The third-order valence-corrected chi connectivity index (χ3v) is 3.14. The summed E-state index contributed by atoms with van der Waals surface area (Å²) in [4.78, 5) is 11.4. The molecule has 0 saturated heterocycles. The van der Waals surface area contributed by atoms with Crippen molar-refractivity contribution in [2.45, 2.75) is 18.6 Å². The summed E-state index contributed by atoms with van der Waals surface area (Å²) in [5, 5.41) is 0.0688. The second kappa shape index (κ2) is 2.39. The predicted molar refractivity (Wildman–Crippen MR) is 48.8 cm³/mol. The van der Waals surface area contributed by atoms with Crippen molar-refractivity contribution in [3.05, 3.63) is 23.5 Å². The molecule has 2 nitrogen and oxygen atoms in total. The van der Waals surface area contributed by atoms with Crippen LogP contribution in [-0.2, 0) is 9.53 Å². The van der Waals surface area contributed by atoms with Crippen LogP contribution in [0.4, 0.5) is 0 Å². The third-order valence-electron chi connectivity index (χ3n) is 2.03. The maximum absolute atomic E-state index is 11.4. The Kier molecular flexibility index (Phi) is 1.58. The molecule has 2 rings (SSSR count). The van der Waals surface area contributed by atoms with Gasteiger partial charge in [-0.25, -0.2) is 0 Å². The molecule has 0 atom stereocenters. The van der Waals surface area contributed by atoms with E-state index in [1.54, 1.807) is 0 Å². The van der Waals surface area contributed by atoms with E-state index in [0.29, 0.717) is 12.4 Å². The molecule has 0 unspecified atom stereocenters. The molecule has 0 aromatic carbocycles. The van der Waals surface area contributed by atoms with Crippen LogP contribution in [0.15, 0.2) is 23.5 Å². The van der Waals surface area contributed by atoms with Crippen molar-refractivity contribution in [3.8, 4) is 0 Å². The molecule has 64 valence electrons. The van der Waals surface area contributed by atoms with E-state index in [4.69, 9.17) is 4.74 Å². The lowest BCUT2D eigenvalue weighted by Gasteiger charge is -2.18. The van der Waals surface area contributed by atoms with Crippen LogP contribution in [-0.4, -0.2) is 16.5 Å². The molecule has 0 aromatic heterocycles. The lowest BCUT2D eigenvalue weighted by molar-refractivity contribution is -0.110. The van der Waals surface area contributed by atoms with Gasteiger partial charge in [0.25, 0.3) is 5.12 Å². The summed E-state index contributed by atoms with van der Waals surface area (Å²) in [6.45, 7) is 4.61. The Labute approximate surface area is 75.7 Å². The maximum atomic E-state index is 11.4. The molecule has 12 heavy (non-hydrogen) atoms. The van der Waals surface area contributed by atoms with Crippen molar-refractivity contribution in [1.29, 1.82) is 0 Å². The first-order valence-corrected chi connectivity index (χ1v) is 4.70. The first-order valence-electron chi connectivity index (χ1n) is 3.89. The molecule has 0 fully saturated rings. The SMILES string of the molecule is CC1(C)SC(=O)C2=C1C=CCO2. The van der Waals surface area contributed by atoms with Gasteiger partial charge in [0.2, 0.25) is 0 Å². The van der Waals surface area contributed by atoms with Crippen molar-refractivity contribution in [2.24, 2.45) is 0 Å². The zero-order valence-corrected chi connectivity index (χ0v) is 7.90. The predicted octanol–water partition coefficient (Wildman–Crippen LogP) is 1.88. The average molecular weight is 182 g/mol. The van der Waals surface area contributed by atoms with Gasteiger partial charge >= 0.3 is 0 Å². The highest BCUT2D eigenvalue weighted by Crippen LogP contribution is 2.45. The zero-order valence-electron chi connectivity index (χ0n) is 7.09. The third kappa shape index (κ3) is 1.00. The Bertz CT molecular complexity index is 300. The Hall–Kier alpha value is -0.700. The first kappa shape index (κ1) is 7.92. The summed E-state index contributed by atoms with van der Waals surface area (Å²) in [5.41, 5.74) is 1.03. The van der Waals surface area contributed by atoms with Gasteiger partial charge in [0, 0.05) is 10.3 Å². The zero-order chi connectivity index (χ0) is 8.77. The molecular weight excluding hydrogens is 172 g/mol. The first-order chi connectivity index (χ1) is 5.61. The number of rotatable bonds is 0. The van der Waals surface area contributed by atoms with Crippen LogP contribution in [0.2, 0.25) is 0 Å². The van der Waals surface area contributed by atoms with Gasteiger partial charge in [-0.05, 0) is 19.9 Å². The van der Waals surface area contributed by atoms with Gasteiger partial charge in [-0.15, -0.1) is 0 Å². The number of hydrogen-bond donors (Lipinski definition) is 0. The standard InChI is InChI=1S/C9H10O2S/c1-9(2)6-4-3-5-11-7(6)8(10)12-9/h3-4H,5H2,1-2H3. The van der Waals surface area contributed by atoms with Gasteiger partial charge in [-0.3, -0.25) is 4.79 Å². The van der Waals surface area contributed by atoms with Crippen molar-refractivity contribution in [1.82, 2.24) is 0 Å². The Morgan fingerprint density at radius 1 is 1.58 bits per heavy atom.